The molecule has 0 radical (unpaired) electrons. The second-order valence-electron chi connectivity index (χ2n) is 10.9. The molecule has 242 valence electrons. The average molecular weight is 705 g/mol. The number of amides is 2. The molecule has 0 aliphatic heterocycles. The van der Waals surface area contributed by atoms with E-state index in [2.05, 4.69) is 5.32 Å². The fraction of sp³-hybridized carbons (Fsp3) is 0.355. The van der Waals surface area contributed by atoms with Crippen LogP contribution in [0.15, 0.2) is 66.7 Å². The molecule has 0 spiro atoms. The molecule has 14 heteroatoms. The second-order valence-corrected chi connectivity index (χ2v) is 14.0. The van der Waals surface area contributed by atoms with Crippen LogP contribution in [0, 0.1) is 0 Å². The van der Waals surface area contributed by atoms with Crippen LogP contribution in [-0.2, 0) is 38.8 Å². The zero-order valence-electron chi connectivity index (χ0n) is 24.2. The Morgan fingerprint density at radius 1 is 0.933 bits per heavy atom. The van der Waals surface area contributed by atoms with E-state index in [-0.39, 0.29) is 34.1 Å². The van der Waals surface area contributed by atoms with Crippen molar-refractivity contribution in [3.63, 3.8) is 0 Å². The number of anilines is 1. The van der Waals surface area contributed by atoms with Gasteiger partial charge in [0, 0.05) is 34.6 Å². The largest absolute Gasteiger partial charge is 0.416 e. The van der Waals surface area contributed by atoms with Crippen LogP contribution in [0.2, 0.25) is 15.1 Å². The summed E-state index contributed by atoms with van der Waals surface area (Å²) in [5.74, 6) is -1.35. The third-order valence-corrected chi connectivity index (χ3v) is 9.74. The fourth-order valence-corrected chi connectivity index (χ4v) is 6.89. The molecule has 0 aromatic heterocycles. The Labute approximate surface area is 275 Å². The van der Waals surface area contributed by atoms with Crippen molar-refractivity contribution in [1.29, 1.82) is 0 Å². The topological polar surface area (TPSA) is 86.8 Å². The van der Waals surface area contributed by atoms with Gasteiger partial charge in [0.05, 0.1) is 22.5 Å². The fourth-order valence-electron chi connectivity index (χ4n) is 5.25. The van der Waals surface area contributed by atoms with Crippen molar-refractivity contribution in [2.24, 2.45) is 0 Å². The van der Waals surface area contributed by atoms with Crippen LogP contribution in [0.25, 0.3) is 0 Å². The van der Waals surface area contributed by atoms with E-state index in [9.17, 15) is 31.2 Å². The zero-order valence-corrected chi connectivity index (χ0v) is 27.2. The van der Waals surface area contributed by atoms with Gasteiger partial charge in [0.2, 0.25) is 21.8 Å². The van der Waals surface area contributed by atoms with Crippen LogP contribution in [0.3, 0.4) is 0 Å². The number of benzene rings is 3. The summed E-state index contributed by atoms with van der Waals surface area (Å²) >= 11 is 19.1. The molecule has 3 aromatic carbocycles. The molecule has 1 aliphatic rings. The smallest absolute Gasteiger partial charge is 0.352 e. The van der Waals surface area contributed by atoms with Crippen molar-refractivity contribution in [1.82, 2.24) is 10.2 Å². The van der Waals surface area contributed by atoms with Gasteiger partial charge >= 0.3 is 6.18 Å². The van der Waals surface area contributed by atoms with Crippen molar-refractivity contribution >= 4 is 62.3 Å². The molecule has 1 saturated carbocycles. The molecule has 0 bridgehead atoms. The SMILES string of the molecule is CS(=O)(=O)N(CC(=O)N(Cc1c(Cl)cccc1Cl)[C@H](Cc1ccccc1)C(=O)NC1CCCC1)c1cc(C(F)(F)F)ccc1Cl. The van der Waals surface area contributed by atoms with Gasteiger partial charge in [-0.05, 0) is 48.7 Å². The number of carbonyl (C=O) groups excluding carboxylic acids is 2. The molecule has 0 heterocycles. The predicted octanol–water partition coefficient (Wildman–Crippen LogP) is 7.13. The second kappa shape index (κ2) is 14.6. The minimum atomic E-state index is -4.81. The number of hydrogen-bond acceptors (Lipinski definition) is 4. The number of rotatable bonds is 11. The Balaban J connectivity index is 1.80. The van der Waals surface area contributed by atoms with Crippen LogP contribution >= 0.6 is 34.8 Å². The van der Waals surface area contributed by atoms with E-state index in [0.29, 0.717) is 27.6 Å². The third kappa shape index (κ3) is 9.06. The summed E-state index contributed by atoms with van der Waals surface area (Å²) in [7, 11) is -4.36. The highest BCUT2D eigenvalue weighted by Crippen LogP contribution is 2.36. The molecular formula is C31H31Cl3F3N3O4S. The molecule has 0 saturated heterocycles. The van der Waals surface area contributed by atoms with Crippen molar-refractivity contribution in [3.8, 4) is 0 Å². The summed E-state index contributed by atoms with van der Waals surface area (Å²) in [4.78, 5) is 29.3. The van der Waals surface area contributed by atoms with E-state index < -0.39 is 51.9 Å². The lowest BCUT2D eigenvalue weighted by Gasteiger charge is -2.34. The zero-order chi connectivity index (χ0) is 32.9. The number of sulfonamides is 1. The summed E-state index contributed by atoms with van der Waals surface area (Å²) in [6.07, 6.45) is -0.594. The standard InChI is InChI=1S/C31H31Cl3F3N3O4S/c1-45(43,44)40(27-17-21(31(35,36)37)14-15-26(27)34)19-29(41)39(18-23-24(32)12-7-13-25(23)33)28(16-20-8-3-2-4-9-20)30(42)38-22-10-5-6-11-22/h2-4,7-9,12-15,17,22,28H,5-6,10-11,16,18-19H2,1H3,(H,38,42)/t28-/m1/s1. The van der Waals surface area contributed by atoms with Gasteiger partial charge in [-0.1, -0.05) is 84.0 Å². The van der Waals surface area contributed by atoms with Gasteiger partial charge in [-0.3, -0.25) is 13.9 Å². The van der Waals surface area contributed by atoms with E-state index >= 15 is 0 Å². The van der Waals surface area contributed by atoms with Crippen LogP contribution in [0.4, 0.5) is 18.9 Å². The summed E-state index contributed by atoms with van der Waals surface area (Å²) in [6.45, 7) is -1.25. The summed E-state index contributed by atoms with van der Waals surface area (Å²) in [5.41, 5.74) is -0.661. The van der Waals surface area contributed by atoms with E-state index in [1.165, 1.54) is 4.90 Å². The number of halogens is 6. The maximum Gasteiger partial charge on any atom is 0.416 e. The van der Waals surface area contributed by atoms with E-state index in [4.69, 9.17) is 34.8 Å². The van der Waals surface area contributed by atoms with Crippen LogP contribution < -0.4 is 9.62 Å². The van der Waals surface area contributed by atoms with Gasteiger partial charge in [0.25, 0.3) is 0 Å². The highest BCUT2D eigenvalue weighted by Gasteiger charge is 2.37. The minimum absolute atomic E-state index is 0.0520. The van der Waals surface area contributed by atoms with Gasteiger partial charge < -0.3 is 10.2 Å². The summed E-state index contributed by atoms with van der Waals surface area (Å²) in [6, 6.07) is 14.6. The lowest BCUT2D eigenvalue weighted by Crippen LogP contribution is -2.54. The summed E-state index contributed by atoms with van der Waals surface area (Å²) < 4.78 is 67.2. The Morgan fingerprint density at radius 3 is 2.13 bits per heavy atom. The Kier molecular flexibility index (Phi) is 11.3. The first kappa shape index (κ1) is 34.9. The number of carbonyl (C=O) groups is 2. The van der Waals surface area contributed by atoms with Gasteiger partial charge in [0.15, 0.2) is 0 Å². The van der Waals surface area contributed by atoms with Crippen molar-refractivity contribution in [2.45, 2.75) is 56.9 Å². The molecule has 1 atom stereocenters. The minimum Gasteiger partial charge on any atom is -0.352 e. The quantitative estimate of drug-likeness (QED) is 0.230. The first-order chi connectivity index (χ1) is 21.1. The first-order valence-corrected chi connectivity index (χ1v) is 17.0. The Hall–Kier alpha value is -2.99. The number of nitrogens with zero attached hydrogens (tertiary/aromatic N) is 2. The normalized spacial score (nSPS) is 14.6. The number of hydrogen-bond donors (Lipinski definition) is 1. The average Bonchev–Trinajstić information content (AvgIpc) is 3.47. The molecule has 3 aromatic rings. The third-order valence-electron chi connectivity index (χ3n) is 7.58. The molecule has 2 amide bonds. The predicted molar refractivity (Wildman–Crippen MR) is 170 cm³/mol. The Morgan fingerprint density at radius 2 is 1.56 bits per heavy atom. The molecule has 4 rings (SSSR count). The maximum atomic E-state index is 14.3. The molecular weight excluding hydrogens is 674 g/mol. The first-order valence-electron chi connectivity index (χ1n) is 14.1. The highest BCUT2D eigenvalue weighted by molar-refractivity contribution is 7.92. The van der Waals surface area contributed by atoms with Gasteiger partial charge in [-0.2, -0.15) is 13.2 Å². The molecule has 1 N–H and O–H groups in total. The van der Waals surface area contributed by atoms with Crippen LogP contribution in [-0.4, -0.2) is 50.0 Å². The van der Waals surface area contributed by atoms with Crippen molar-refractivity contribution in [3.05, 3.63) is 98.5 Å². The van der Waals surface area contributed by atoms with Crippen LogP contribution in [0.5, 0.6) is 0 Å². The number of alkyl halides is 3. The van der Waals surface area contributed by atoms with Gasteiger partial charge in [0.1, 0.15) is 12.6 Å². The van der Waals surface area contributed by atoms with Crippen LogP contribution in [0.1, 0.15) is 42.4 Å². The molecule has 1 aliphatic carbocycles. The number of nitrogens with one attached hydrogen (secondary N) is 1. The monoisotopic (exact) mass is 703 g/mol. The molecule has 45 heavy (non-hydrogen) atoms. The van der Waals surface area contributed by atoms with Crippen molar-refractivity contribution in [2.75, 3.05) is 17.1 Å². The van der Waals surface area contributed by atoms with Gasteiger partial charge in [-0.25, -0.2) is 8.42 Å². The molecule has 0 unspecified atom stereocenters. The van der Waals surface area contributed by atoms with E-state index in [1.54, 1.807) is 48.5 Å². The Bertz CT molecular complexity index is 1620. The lowest BCUT2D eigenvalue weighted by molar-refractivity contribution is -0.140. The van der Waals surface area contributed by atoms with E-state index in [0.717, 1.165) is 38.0 Å². The van der Waals surface area contributed by atoms with Gasteiger partial charge in [-0.15, -0.1) is 0 Å². The maximum absolute atomic E-state index is 14.3. The molecule has 1 fully saturated rings. The molecule has 7 nitrogen and oxygen atoms in total. The highest BCUT2D eigenvalue weighted by atomic mass is 35.5. The lowest BCUT2D eigenvalue weighted by atomic mass is 10.0. The summed E-state index contributed by atoms with van der Waals surface area (Å²) in [5, 5.41) is 3.11. The van der Waals surface area contributed by atoms with E-state index in [1.807, 2.05) is 0 Å². The van der Waals surface area contributed by atoms with Crippen molar-refractivity contribution < 1.29 is 31.2 Å².